The molecule has 0 amide bonds. The topological polar surface area (TPSA) is 83.6 Å². The van der Waals surface area contributed by atoms with Gasteiger partial charge in [0.05, 0.1) is 15.1 Å². The summed E-state index contributed by atoms with van der Waals surface area (Å²) in [6.07, 6.45) is 0. The summed E-state index contributed by atoms with van der Waals surface area (Å²) in [4.78, 5) is -0.263. The van der Waals surface area contributed by atoms with E-state index in [-0.39, 0.29) is 21.7 Å². The van der Waals surface area contributed by atoms with Crippen LogP contribution in [-0.4, -0.2) is 47.5 Å². The summed E-state index contributed by atoms with van der Waals surface area (Å²) in [6.45, 7) is -0.291. The molecule has 0 saturated carbocycles. The van der Waals surface area contributed by atoms with E-state index in [0.29, 0.717) is 0 Å². The monoisotopic (exact) mass is 388 g/mol. The first-order valence-corrected chi connectivity index (χ1v) is 9.30. The number of hydrogen-bond donors (Lipinski definition) is 1. The van der Waals surface area contributed by atoms with Crippen molar-refractivity contribution in [2.45, 2.75) is 4.90 Å². The molecule has 0 radical (unpaired) electrons. The fraction of sp³-hybridized carbons (Fsp3) is 0.400. The lowest BCUT2D eigenvalue weighted by Gasteiger charge is -2.12. The van der Waals surface area contributed by atoms with Gasteiger partial charge in [0, 0.05) is 20.6 Å². The summed E-state index contributed by atoms with van der Waals surface area (Å²) in [5.41, 5.74) is 0. The van der Waals surface area contributed by atoms with Gasteiger partial charge in [-0.3, -0.25) is 0 Å². The molecule has 0 saturated heterocycles. The third kappa shape index (κ3) is 4.48. The molecule has 0 heterocycles. The minimum Gasteiger partial charge on any atom is -0.212 e. The molecule has 20 heavy (non-hydrogen) atoms. The molecule has 0 aliphatic carbocycles. The van der Waals surface area contributed by atoms with Crippen molar-refractivity contribution < 1.29 is 21.2 Å². The minimum atomic E-state index is -3.94. The highest BCUT2D eigenvalue weighted by molar-refractivity contribution is 9.10. The second-order valence-electron chi connectivity index (χ2n) is 4.07. The van der Waals surface area contributed by atoms with E-state index in [2.05, 4.69) is 20.7 Å². The molecule has 0 aromatic heterocycles. The van der Waals surface area contributed by atoms with Crippen LogP contribution in [0.3, 0.4) is 0 Å². The highest BCUT2D eigenvalue weighted by atomic mass is 79.9. The summed E-state index contributed by atoms with van der Waals surface area (Å²) in [6, 6.07) is 3.34. The Morgan fingerprint density at radius 1 is 1.25 bits per heavy atom. The zero-order valence-electron chi connectivity index (χ0n) is 10.8. The van der Waals surface area contributed by atoms with Crippen LogP contribution >= 0.6 is 15.9 Å². The predicted molar refractivity (Wildman–Crippen MR) is 76.8 cm³/mol. The molecule has 0 atom stereocenters. The van der Waals surface area contributed by atoms with Crippen molar-refractivity contribution >= 4 is 36.0 Å². The maximum Gasteiger partial charge on any atom is 0.240 e. The molecule has 0 fully saturated rings. The molecule has 0 unspecified atom stereocenters. The molecule has 1 aromatic rings. The minimum absolute atomic E-state index is 0.145. The van der Waals surface area contributed by atoms with Crippen LogP contribution in [0.15, 0.2) is 27.6 Å². The van der Waals surface area contributed by atoms with Gasteiger partial charge in [-0.25, -0.2) is 30.3 Å². The van der Waals surface area contributed by atoms with Crippen LogP contribution in [0.5, 0.6) is 0 Å². The Kier molecular flexibility index (Phi) is 5.67. The first-order chi connectivity index (χ1) is 9.06. The average molecular weight is 389 g/mol. The van der Waals surface area contributed by atoms with Gasteiger partial charge in [0.25, 0.3) is 0 Å². The van der Waals surface area contributed by atoms with Crippen LogP contribution in [0.1, 0.15) is 0 Å². The van der Waals surface area contributed by atoms with Gasteiger partial charge >= 0.3 is 0 Å². The number of nitrogens with one attached hydrogen (secondary N) is 1. The lowest BCUT2D eigenvalue weighted by molar-refractivity contribution is 0.519. The van der Waals surface area contributed by atoms with Crippen LogP contribution in [0.4, 0.5) is 4.39 Å². The van der Waals surface area contributed by atoms with E-state index < -0.39 is 25.9 Å². The third-order valence-electron chi connectivity index (χ3n) is 2.41. The zero-order valence-corrected chi connectivity index (χ0v) is 14.0. The van der Waals surface area contributed by atoms with E-state index in [4.69, 9.17) is 0 Å². The Morgan fingerprint density at radius 3 is 2.35 bits per heavy atom. The van der Waals surface area contributed by atoms with E-state index in [9.17, 15) is 21.2 Å². The highest BCUT2D eigenvalue weighted by Crippen LogP contribution is 2.19. The molecule has 0 aliphatic heterocycles. The van der Waals surface area contributed by atoms with Crippen molar-refractivity contribution in [3.05, 3.63) is 28.5 Å². The number of halogens is 2. The molecular formula is C10H14BrFN2O4S2. The quantitative estimate of drug-likeness (QED) is 0.779. The summed E-state index contributed by atoms with van der Waals surface area (Å²) in [7, 11) is -4.72. The third-order valence-corrected chi connectivity index (χ3v) is 6.34. The molecule has 1 aromatic carbocycles. The standard InChI is InChI=1S/C10H14BrFN2O4S2/c1-14(2)19(15,16)6-5-13-20(17,18)8-3-4-9(11)10(12)7-8/h3-4,7,13H,5-6H2,1-2H3. The number of nitrogens with zero attached hydrogens (tertiary/aromatic N) is 1. The van der Waals surface area contributed by atoms with E-state index >= 15 is 0 Å². The Hall–Kier alpha value is -0.550. The van der Waals surface area contributed by atoms with Gasteiger partial charge in [-0.2, -0.15) is 0 Å². The fourth-order valence-corrected chi connectivity index (χ4v) is 3.36. The predicted octanol–water partition coefficient (Wildman–Crippen LogP) is 0.758. The molecule has 10 heteroatoms. The number of benzene rings is 1. The van der Waals surface area contributed by atoms with Crippen molar-refractivity contribution in [1.82, 2.24) is 9.03 Å². The van der Waals surface area contributed by atoms with Gasteiger partial charge < -0.3 is 0 Å². The molecule has 6 nitrogen and oxygen atoms in total. The van der Waals surface area contributed by atoms with Gasteiger partial charge in [0.1, 0.15) is 5.82 Å². The summed E-state index contributed by atoms with van der Waals surface area (Å²) in [5.74, 6) is -1.09. The van der Waals surface area contributed by atoms with E-state index in [1.165, 1.54) is 26.2 Å². The van der Waals surface area contributed by atoms with Crippen molar-refractivity contribution in [2.24, 2.45) is 0 Å². The number of rotatable bonds is 6. The Morgan fingerprint density at radius 2 is 1.85 bits per heavy atom. The Labute approximate surface area is 126 Å². The van der Waals surface area contributed by atoms with Gasteiger partial charge in [-0.15, -0.1) is 0 Å². The van der Waals surface area contributed by atoms with E-state index in [1.807, 2.05) is 0 Å². The summed E-state index contributed by atoms with van der Waals surface area (Å²) >= 11 is 2.92. The summed E-state index contributed by atoms with van der Waals surface area (Å²) in [5, 5.41) is 0. The average Bonchev–Trinajstić information content (AvgIpc) is 2.31. The van der Waals surface area contributed by atoms with Gasteiger partial charge in [0.2, 0.25) is 20.0 Å². The summed E-state index contributed by atoms with van der Waals surface area (Å²) < 4.78 is 63.2. The van der Waals surface area contributed by atoms with Crippen LogP contribution < -0.4 is 4.72 Å². The van der Waals surface area contributed by atoms with Crippen LogP contribution in [0.2, 0.25) is 0 Å². The maximum atomic E-state index is 13.3. The van der Waals surface area contributed by atoms with Crippen molar-refractivity contribution in [3.8, 4) is 0 Å². The molecule has 114 valence electrons. The molecule has 0 spiro atoms. The van der Waals surface area contributed by atoms with Crippen LogP contribution in [-0.2, 0) is 20.0 Å². The maximum absolute atomic E-state index is 13.3. The lowest BCUT2D eigenvalue weighted by atomic mass is 10.3. The second-order valence-corrected chi connectivity index (χ2v) is 9.00. The Balaban J connectivity index is 2.79. The first kappa shape index (κ1) is 17.5. The molecule has 1 rings (SSSR count). The lowest BCUT2D eigenvalue weighted by Crippen LogP contribution is -2.33. The van der Waals surface area contributed by atoms with Gasteiger partial charge in [-0.1, -0.05) is 0 Å². The molecular weight excluding hydrogens is 375 g/mol. The number of sulfonamides is 2. The van der Waals surface area contributed by atoms with Crippen molar-refractivity contribution in [2.75, 3.05) is 26.4 Å². The molecule has 0 bridgehead atoms. The SMILES string of the molecule is CN(C)S(=O)(=O)CCNS(=O)(=O)c1ccc(Br)c(F)c1. The van der Waals surface area contributed by atoms with Gasteiger partial charge in [-0.05, 0) is 34.1 Å². The fourth-order valence-electron chi connectivity index (χ4n) is 1.21. The van der Waals surface area contributed by atoms with Crippen molar-refractivity contribution in [1.29, 1.82) is 0 Å². The van der Waals surface area contributed by atoms with Crippen LogP contribution in [0.25, 0.3) is 0 Å². The van der Waals surface area contributed by atoms with E-state index in [1.54, 1.807) is 0 Å². The Bertz CT molecular complexity index is 689. The largest absolute Gasteiger partial charge is 0.240 e. The van der Waals surface area contributed by atoms with E-state index in [0.717, 1.165) is 10.4 Å². The smallest absolute Gasteiger partial charge is 0.212 e. The normalized spacial score (nSPS) is 12.8. The zero-order chi connectivity index (χ0) is 15.6. The van der Waals surface area contributed by atoms with Gasteiger partial charge in [0.15, 0.2) is 0 Å². The molecule has 0 aliphatic rings. The van der Waals surface area contributed by atoms with Crippen molar-refractivity contribution in [3.63, 3.8) is 0 Å². The molecule has 1 N–H and O–H groups in total. The van der Waals surface area contributed by atoms with Crippen LogP contribution in [0, 0.1) is 5.82 Å². The second kappa shape index (κ2) is 6.48. The first-order valence-electron chi connectivity index (χ1n) is 5.41. The highest BCUT2D eigenvalue weighted by Gasteiger charge is 2.18. The number of hydrogen-bond acceptors (Lipinski definition) is 4.